The molecular weight excluding hydrogens is 288 g/mol. The summed E-state index contributed by atoms with van der Waals surface area (Å²) < 4.78 is 2.11. The first-order valence-electron chi connectivity index (χ1n) is 8.23. The number of benzene rings is 1. The van der Waals surface area contributed by atoms with E-state index in [1.807, 2.05) is 26.1 Å². The van der Waals surface area contributed by atoms with E-state index in [2.05, 4.69) is 40.0 Å². The molecule has 0 atom stereocenters. The molecule has 0 saturated carbocycles. The lowest BCUT2D eigenvalue weighted by Gasteiger charge is -2.21. The molecular formula is C18H26N4O. The number of rotatable bonds is 7. The van der Waals surface area contributed by atoms with Gasteiger partial charge in [-0.15, -0.1) is 0 Å². The third kappa shape index (κ3) is 4.58. The highest BCUT2D eigenvalue weighted by atomic mass is 16.2. The predicted molar refractivity (Wildman–Crippen MR) is 92.3 cm³/mol. The molecule has 124 valence electrons. The molecule has 0 aliphatic rings. The topological polar surface area (TPSA) is 50.2 Å². The standard InChI is InChI=1S/C18H26N4O/c1-4-10-20-18(23)21(5-2)14-17-19-11-12-22(17)13-16-9-7-6-8-15(16)3/h6-9,11-12H,4-5,10,13-14H2,1-3H3,(H,20,23). The lowest BCUT2D eigenvalue weighted by atomic mass is 10.1. The Labute approximate surface area is 138 Å². The lowest BCUT2D eigenvalue weighted by Crippen LogP contribution is -2.40. The van der Waals surface area contributed by atoms with E-state index in [0.717, 1.165) is 18.8 Å². The molecule has 0 aliphatic carbocycles. The van der Waals surface area contributed by atoms with Gasteiger partial charge in [0.15, 0.2) is 0 Å². The summed E-state index contributed by atoms with van der Waals surface area (Å²) in [4.78, 5) is 18.4. The number of hydrogen-bond donors (Lipinski definition) is 1. The average Bonchev–Trinajstić information content (AvgIpc) is 2.99. The van der Waals surface area contributed by atoms with Gasteiger partial charge in [-0.3, -0.25) is 0 Å². The summed E-state index contributed by atoms with van der Waals surface area (Å²) in [7, 11) is 0. The molecule has 0 bridgehead atoms. The molecule has 2 amide bonds. The maximum absolute atomic E-state index is 12.2. The largest absolute Gasteiger partial charge is 0.338 e. The number of imidazole rings is 1. The first kappa shape index (κ1) is 17.1. The minimum Gasteiger partial charge on any atom is -0.338 e. The number of carbonyl (C=O) groups is 1. The van der Waals surface area contributed by atoms with Gasteiger partial charge in [0.25, 0.3) is 0 Å². The van der Waals surface area contributed by atoms with Crippen molar-refractivity contribution in [2.45, 2.75) is 40.3 Å². The number of nitrogens with one attached hydrogen (secondary N) is 1. The van der Waals surface area contributed by atoms with Gasteiger partial charge in [0.1, 0.15) is 5.82 Å². The summed E-state index contributed by atoms with van der Waals surface area (Å²) in [6, 6.07) is 8.31. The van der Waals surface area contributed by atoms with E-state index < -0.39 is 0 Å². The third-order valence-electron chi connectivity index (χ3n) is 3.93. The molecule has 5 nitrogen and oxygen atoms in total. The van der Waals surface area contributed by atoms with Crippen molar-refractivity contribution in [1.29, 1.82) is 0 Å². The molecule has 1 heterocycles. The number of aromatic nitrogens is 2. The minimum absolute atomic E-state index is 0.0280. The molecule has 0 radical (unpaired) electrons. The molecule has 0 spiro atoms. The van der Waals surface area contributed by atoms with E-state index in [0.29, 0.717) is 19.6 Å². The number of nitrogens with zero attached hydrogens (tertiary/aromatic N) is 3. The van der Waals surface area contributed by atoms with Gasteiger partial charge in [-0.2, -0.15) is 0 Å². The van der Waals surface area contributed by atoms with Gasteiger partial charge in [0.05, 0.1) is 6.54 Å². The van der Waals surface area contributed by atoms with Crippen LogP contribution in [-0.2, 0) is 13.1 Å². The van der Waals surface area contributed by atoms with Crippen molar-refractivity contribution < 1.29 is 4.79 Å². The fraction of sp³-hybridized carbons (Fsp3) is 0.444. The first-order chi connectivity index (χ1) is 11.2. The Balaban J connectivity index is 2.08. The van der Waals surface area contributed by atoms with Crippen LogP contribution in [0.25, 0.3) is 0 Å². The van der Waals surface area contributed by atoms with E-state index in [-0.39, 0.29) is 6.03 Å². The van der Waals surface area contributed by atoms with E-state index in [1.165, 1.54) is 11.1 Å². The third-order valence-corrected chi connectivity index (χ3v) is 3.93. The van der Waals surface area contributed by atoms with Crippen molar-refractivity contribution in [2.75, 3.05) is 13.1 Å². The highest BCUT2D eigenvalue weighted by Gasteiger charge is 2.14. The van der Waals surface area contributed by atoms with E-state index in [1.54, 1.807) is 11.1 Å². The molecule has 0 fully saturated rings. The Kier molecular flexibility index (Phi) is 6.20. The zero-order valence-electron chi connectivity index (χ0n) is 14.2. The number of hydrogen-bond acceptors (Lipinski definition) is 2. The van der Waals surface area contributed by atoms with Gasteiger partial charge in [-0.1, -0.05) is 31.2 Å². The lowest BCUT2D eigenvalue weighted by molar-refractivity contribution is 0.196. The summed E-state index contributed by atoms with van der Waals surface area (Å²) in [5.74, 6) is 0.904. The van der Waals surface area contributed by atoms with Gasteiger partial charge in [-0.05, 0) is 31.4 Å². The number of carbonyl (C=O) groups excluding carboxylic acids is 1. The van der Waals surface area contributed by atoms with Crippen LogP contribution in [0.2, 0.25) is 0 Å². The molecule has 23 heavy (non-hydrogen) atoms. The zero-order valence-corrected chi connectivity index (χ0v) is 14.2. The zero-order chi connectivity index (χ0) is 16.7. The van der Waals surface area contributed by atoms with Crippen LogP contribution in [0.3, 0.4) is 0 Å². The molecule has 1 N–H and O–H groups in total. The van der Waals surface area contributed by atoms with E-state index >= 15 is 0 Å². The fourth-order valence-electron chi connectivity index (χ4n) is 2.45. The minimum atomic E-state index is -0.0280. The maximum Gasteiger partial charge on any atom is 0.317 e. The van der Waals surface area contributed by atoms with Crippen molar-refractivity contribution in [2.24, 2.45) is 0 Å². The molecule has 2 rings (SSSR count). The van der Waals surface area contributed by atoms with Crippen LogP contribution in [0, 0.1) is 6.92 Å². The first-order valence-corrected chi connectivity index (χ1v) is 8.23. The Morgan fingerprint density at radius 3 is 2.78 bits per heavy atom. The Bertz CT molecular complexity index is 635. The fourth-order valence-corrected chi connectivity index (χ4v) is 2.45. The highest BCUT2D eigenvalue weighted by molar-refractivity contribution is 5.73. The second-order valence-electron chi connectivity index (χ2n) is 5.64. The van der Waals surface area contributed by atoms with Gasteiger partial charge >= 0.3 is 6.03 Å². The molecule has 1 aromatic carbocycles. The van der Waals surface area contributed by atoms with Crippen molar-refractivity contribution >= 4 is 6.03 Å². The summed E-state index contributed by atoms with van der Waals surface area (Å²) in [5.41, 5.74) is 2.53. The molecule has 1 aromatic heterocycles. The Morgan fingerprint density at radius 2 is 2.09 bits per heavy atom. The second-order valence-corrected chi connectivity index (χ2v) is 5.64. The van der Waals surface area contributed by atoms with Crippen LogP contribution in [0.15, 0.2) is 36.7 Å². The van der Waals surface area contributed by atoms with Crippen molar-refractivity contribution in [1.82, 2.24) is 19.8 Å². The molecule has 0 unspecified atom stereocenters. The quantitative estimate of drug-likeness (QED) is 0.853. The molecule has 5 heteroatoms. The van der Waals surface area contributed by atoms with E-state index in [4.69, 9.17) is 0 Å². The molecule has 2 aromatic rings. The SMILES string of the molecule is CCCNC(=O)N(CC)Cc1nccn1Cc1ccccc1C. The summed E-state index contributed by atoms with van der Waals surface area (Å²) in [6.45, 7) is 8.80. The smallest absolute Gasteiger partial charge is 0.317 e. The van der Waals surface area contributed by atoms with Crippen LogP contribution >= 0.6 is 0 Å². The highest BCUT2D eigenvalue weighted by Crippen LogP contribution is 2.12. The maximum atomic E-state index is 12.2. The van der Waals surface area contributed by atoms with Crippen LogP contribution in [0.4, 0.5) is 4.79 Å². The van der Waals surface area contributed by atoms with Crippen LogP contribution < -0.4 is 5.32 Å². The van der Waals surface area contributed by atoms with Crippen LogP contribution in [0.1, 0.15) is 37.2 Å². The van der Waals surface area contributed by atoms with Gasteiger partial charge < -0.3 is 14.8 Å². The molecule has 0 saturated heterocycles. The summed E-state index contributed by atoms with van der Waals surface area (Å²) in [6.07, 6.45) is 4.70. The normalized spacial score (nSPS) is 10.6. The average molecular weight is 314 g/mol. The van der Waals surface area contributed by atoms with Gasteiger partial charge in [0, 0.05) is 32.0 Å². The summed E-state index contributed by atoms with van der Waals surface area (Å²) in [5, 5.41) is 2.92. The van der Waals surface area contributed by atoms with Crippen LogP contribution in [-0.4, -0.2) is 33.6 Å². The second kappa shape index (κ2) is 8.36. The van der Waals surface area contributed by atoms with Gasteiger partial charge in [0.2, 0.25) is 0 Å². The monoisotopic (exact) mass is 314 g/mol. The predicted octanol–water partition coefficient (Wildman–Crippen LogP) is 3.18. The van der Waals surface area contributed by atoms with Gasteiger partial charge in [-0.25, -0.2) is 9.78 Å². The van der Waals surface area contributed by atoms with Crippen molar-refractivity contribution in [3.05, 3.63) is 53.6 Å². The Morgan fingerprint density at radius 1 is 1.30 bits per heavy atom. The molecule has 0 aliphatic heterocycles. The number of urea groups is 1. The van der Waals surface area contributed by atoms with Crippen molar-refractivity contribution in [3.63, 3.8) is 0 Å². The number of amides is 2. The summed E-state index contributed by atoms with van der Waals surface area (Å²) >= 11 is 0. The van der Waals surface area contributed by atoms with E-state index in [9.17, 15) is 4.79 Å². The van der Waals surface area contributed by atoms with Crippen molar-refractivity contribution in [3.8, 4) is 0 Å². The number of aryl methyl sites for hydroxylation is 1. The van der Waals surface area contributed by atoms with Crippen LogP contribution in [0.5, 0.6) is 0 Å². The Hall–Kier alpha value is -2.30.